The first-order valence-corrected chi connectivity index (χ1v) is 12.2. The maximum absolute atomic E-state index is 6.12. The van der Waals surface area contributed by atoms with Crippen LogP contribution in [-0.4, -0.2) is 68.7 Å². The van der Waals surface area contributed by atoms with Gasteiger partial charge in [0.05, 0.1) is 6.04 Å². The first-order chi connectivity index (χ1) is 15.6. The summed E-state index contributed by atoms with van der Waals surface area (Å²) in [6.45, 7) is 13.7. The van der Waals surface area contributed by atoms with Crippen LogP contribution in [0.2, 0.25) is 0 Å². The van der Waals surface area contributed by atoms with E-state index in [1.807, 2.05) is 13.8 Å². The standard InChI is InChI=1S/C24H33N6.C2H6.Na/c1-17-7-10-30(16-17)23-14-22(28(2)21-5-4-19(25)13-20(21)23)18-3-6-24(27-15-18)29-11-8-26-9-12-29;1-2;/h3,5-6,13-14,17,22,26-27H,7-12,15-16,25H2,1-2H3;1-2H3;/q-1;;+1. The van der Waals surface area contributed by atoms with E-state index >= 15 is 0 Å². The monoisotopic (exact) mass is 458 g/mol. The van der Waals surface area contributed by atoms with Gasteiger partial charge in [-0.2, -0.15) is 12.1 Å². The number of hydrogen-bond donors (Lipinski definition) is 3. The number of rotatable bonds is 3. The van der Waals surface area contributed by atoms with Crippen LogP contribution in [0.4, 0.5) is 11.4 Å². The average molecular weight is 459 g/mol. The number of anilines is 2. The number of likely N-dealkylation sites (tertiary alicyclic amines) is 1. The Balaban J connectivity index is 0.000000994. The van der Waals surface area contributed by atoms with E-state index in [-0.39, 0.29) is 35.6 Å². The van der Waals surface area contributed by atoms with Crippen molar-refractivity contribution < 1.29 is 29.6 Å². The Bertz CT molecular complexity index is 902. The quantitative estimate of drug-likeness (QED) is 0.334. The smallest absolute Gasteiger partial charge is 0.420 e. The van der Waals surface area contributed by atoms with Crippen LogP contribution in [0.5, 0.6) is 0 Å². The van der Waals surface area contributed by atoms with Crippen LogP contribution in [-0.2, 0) is 0 Å². The molecule has 5 rings (SSSR count). The molecular weight excluding hydrogens is 419 g/mol. The van der Waals surface area contributed by atoms with Gasteiger partial charge < -0.3 is 31.1 Å². The summed E-state index contributed by atoms with van der Waals surface area (Å²) in [5.74, 6) is 1.98. The van der Waals surface area contributed by atoms with Crippen molar-refractivity contribution in [1.82, 2.24) is 20.4 Å². The first-order valence-electron chi connectivity index (χ1n) is 12.2. The van der Waals surface area contributed by atoms with Gasteiger partial charge >= 0.3 is 29.6 Å². The molecule has 2 saturated heterocycles. The zero-order valence-electron chi connectivity index (χ0n) is 21.1. The third-order valence-electron chi connectivity index (χ3n) is 6.87. The molecule has 0 radical (unpaired) electrons. The summed E-state index contributed by atoms with van der Waals surface area (Å²) in [7, 11) is 2.18. The number of piperazine rings is 1. The molecule has 0 aromatic heterocycles. The van der Waals surface area contributed by atoms with Crippen LogP contribution in [0.25, 0.3) is 5.70 Å². The van der Waals surface area contributed by atoms with Gasteiger partial charge in [-0.15, -0.1) is 6.07 Å². The molecule has 2 fully saturated rings. The second-order valence-corrected chi connectivity index (χ2v) is 9.02. The van der Waals surface area contributed by atoms with Gasteiger partial charge in [0.1, 0.15) is 5.82 Å². The first kappa shape index (κ1) is 26.0. The molecule has 0 spiro atoms. The molecule has 0 bridgehead atoms. The predicted octanol–water partition coefficient (Wildman–Crippen LogP) is -0.124. The number of dihydropyridines is 1. The Morgan fingerprint density at radius 2 is 1.85 bits per heavy atom. The van der Waals surface area contributed by atoms with Gasteiger partial charge in [-0.1, -0.05) is 43.8 Å². The molecule has 4 aliphatic heterocycles. The normalized spacial score (nSPS) is 24.4. The molecule has 33 heavy (non-hydrogen) atoms. The summed E-state index contributed by atoms with van der Waals surface area (Å²) in [6.07, 6.45) is 8.27. The fourth-order valence-corrected chi connectivity index (χ4v) is 5.11. The van der Waals surface area contributed by atoms with Crippen LogP contribution in [0.15, 0.2) is 41.8 Å². The number of hydrogen-bond acceptors (Lipinski definition) is 6. The summed E-state index contributed by atoms with van der Waals surface area (Å²) in [6, 6.07) is 7.59. The molecule has 0 aliphatic carbocycles. The zero-order chi connectivity index (χ0) is 22.7. The molecule has 4 aliphatic rings. The van der Waals surface area contributed by atoms with Crippen LogP contribution in [0.3, 0.4) is 0 Å². The average Bonchev–Trinajstić information content (AvgIpc) is 3.27. The largest absolute Gasteiger partial charge is 1.00 e. The van der Waals surface area contributed by atoms with E-state index in [2.05, 4.69) is 75.7 Å². The summed E-state index contributed by atoms with van der Waals surface area (Å²) >= 11 is 0. The van der Waals surface area contributed by atoms with Gasteiger partial charge in [-0.3, -0.25) is 0 Å². The molecule has 2 unspecified atom stereocenters. The minimum Gasteiger partial charge on any atom is -0.420 e. The Morgan fingerprint density at radius 1 is 1.09 bits per heavy atom. The molecule has 4 N–H and O–H groups in total. The third kappa shape index (κ3) is 5.56. The van der Waals surface area contributed by atoms with Crippen LogP contribution < -0.4 is 50.8 Å². The minimum atomic E-state index is 0. The van der Waals surface area contributed by atoms with Crippen molar-refractivity contribution >= 4 is 17.1 Å². The molecule has 0 saturated carbocycles. The minimum absolute atomic E-state index is 0. The van der Waals surface area contributed by atoms with Crippen molar-refractivity contribution in [1.29, 1.82) is 0 Å². The topological polar surface area (TPSA) is 59.8 Å². The molecule has 1 aromatic rings. The Morgan fingerprint density at radius 3 is 2.48 bits per heavy atom. The van der Waals surface area contributed by atoms with Crippen molar-refractivity contribution in [3.05, 3.63) is 53.4 Å². The fraction of sp³-hybridized carbons (Fsp3) is 0.538. The number of nitrogens with zero attached hydrogens (tertiary/aromatic N) is 3. The van der Waals surface area contributed by atoms with E-state index in [0.29, 0.717) is 5.69 Å². The van der Waals surface area contributed by atoms with Crippen molar-refractivity contribution in [2.45, 2.75) is 33.2 Å². The number of nitrogens with two attached hydrogens (primary N) is 1. The second kappa shape index (κ2) is 11.7. The van der Waals surface area contributed by atoms with Gasteiger partial charge in [0, 0.05) is 51.5 Å². The molecule has 0 amide bonds. The Hall–Kier alpha value is -1.60. The maximum Gasteiger partial charge on any atom is 1.00 e. The summed E-state index contributed by atoms with van der Waals surface area (Å²) in [4.78, 5) is 7.35. The summed E-state index contributed by atoms with van der Waals surface area (Å²) in [5, 5.41) is 7.10. The molecule has 7 heteroatoms. The van der Waals surface area contributed by atoms with E-state index < -0.39 is 0 Å². The summed E-state index contributed by atoms with van der Waals surface area (Å²) < 4.78 is 0. The molecular formula is C26H39N6Na. The number of benzene rings is 1. The molecule has 2 atom stereocenters. The van der Waals surface area contributed by atoms with Gasteiger partial charge in [-0.25, -0.2) is 0 Å². The molecule has 4 heterocycles. The van der Waals surface area contributed by atoms with E-state index in [1.165, 1.54) is 34.8 Å². The van der Waals surface area contributed by atoms with Crippen molar-refractivity contribution in [2.75, 3.05) is 63.5 Å². The molecule has 174 valence electrons. The number of allylic oxidation sites excluding steroid dienone is 2. The second-order valence-electron chi connectivity index (χ2n) is 9.02. The van der Waals surface area contributed by atoms with E-state index in [0.717, 1.165) is 51.7 Å². The van der Waals surface area contributed by atoms with Gasteiger partial charge in [-0.05, 0) is 37.1 Å². The number of fused-ring (bicyclic) bond motifs is 1. The SMILES string of the molecule is CC.CC1CCN(C2=CC(C3=CC=C(N4CCNCC4)NC3)N(C)c3c[c-]c(N)cc32)C1.[Na+]. The third-order valence-corrected chi connectivity index (χ3v) is 6.87. The Kier molecular flexibility index (Phi) is 9.22. The maximum atomic E-state index is 6.12. The Labute approximate surface area is 222 Å². The summed E-state index contributed by atoms with van der Waals surface area (Å²) in [5.41, 5.74) is 12.0. The molecule has 1 aromatic carbocycles. The molecule has 6 nitrogen and oxygen atoms in total. The van der Waals surface area contributed by atoms with E-state index in [1.54, 1.807) is 0 Å². The van der Waals surface area contributed by atoms with Gasteiger partial charge in [0.25, 0.3) is 0 Å². The zero-order valence-corrected chi connectivity index (χ0v) is 23.1. The number of nitrogen functional groups attached to an aromatic ring is 1. The van der Waals surface area contributed by atoms with Crippen molar-refractivity contribution in [3.8, 4) is 0 Å². The van der Waals surface area contributed by atoms with Gasteiger partial charge in [0.2, 0.25) is 0 Å². The fourth-order valence-electron chi connectivity index (χ4n) is 5.11. The van der Waals surface area contributed by atoms with Crippen LogP contribution in [0.1, 0.15) is 32.8 Å². The van der Waals surface area contributed by atoms with E-state index in [4.69, 9.17) is 5.73 Å². The van der Waals surface area contributed by atoms with Crippen LogP contribution in [0, 0.1) is 12.0 Å². The number of nitrogens with one attached hydrogen (secondary N) is 2. The van der Waals surface area contributed by atoms with Crippen molar-refractivity contribution in [2.24, 2.45) is 5.92 Å². The van der Waals surface area contributed by atoms with Gasteiger partial charge in [0.15, 0.2) is 0 Å². The van der Waals surface area contributed by atoms with Crippen molar-refractivity contribution in [3.63, 3.8) is 0 Å². The van der Waals surface area contributed by atoms with Crippen LogP contribution >= 0.6 is 0 Å². The number of likely N-dealkylation sites (N-methyl/N-ethyl adjacent to an activating group) is 1. The van der Waals surface area contributed by atoms with E-state index in [9.17, 15) is 0 Å². The predicted molar refractivity (Wildman–Crippen MR) is 135 cm³/mol.